The summed E-state index contributed by atoms with van der Waals surface area (Å²) in [7, 11) is 0. The highest BCUT2D eigenvalue weighted by Gasteiger charge is 2.09. The lowest BCUT2D eigenvalue weighted by Gasteiger charge is -2.16. The molecule has 2 heteroatoms. The van der Waals surface area contributed by atoms with Crippen LogP contribution in [0.3, 0.4) is 0 Å². The molecule has 1 unspecified atom stereocenters. The molecule has 20 heavy (non-hydrogen) atoms. The van der Waals surface area contributed by atoms with Gasteiger partial charge in [-0.1, -0.05) is 42.5 Å². The van der Waals surface area contributed by atoms with Crippen molar-refractivity contribution in [3.63, 3.8) is 0 Å². The molecule has 1 aliphatic rings. The van der Waals surface area contributed by atoms with Crippen LogP contribution in [0.25, 0.3) is 21.9 Å². The van der Waals surface area contributed by atoms with Crippen LogP contribution in [0.4, 0.5) is 5.69 Å². The van der Waals surface area contributed by atoms with Crippen LogP contribution in [0.5, 0.6) is 0 Å². The Labute approximate surface area is 117 Å². The van der Waals surface area contributed by atoms with E-state index in [2.05, 4.69) is 53.9 Å². The van der Waals surface area contributed by atoms with E-state index >= 15 is 0 Å². The van der Waals surface area contributed by atoms with Crippen LogP contribution in [0.15, 0.2) is 71.2 Å². The summed E-state index contributed by atoms with van der Waals surface area (Å²) in [5.41, 5.74) is 2.98. The van der Waals surface area contributed by atoms with Gasteiger partial charge in [0.15, 0.2) is 0 Å². The Kier molecular flexibility index (Phi) is 2.59. The summed E-state index contributed by atoms with van der Waals surface area (Å²) in [5.74, 6) is 0. The molecule has 0 bridgehead atoms. The van der Waals surface area contributed by atoms with E-state index in [-0.39, 0.29) is 0 Å². The standard InChI is InChI=1S/C18H15NO/c1-2-6-13(7-3-1)19-14-10-11-16-15-8-4-5-9-17(15)20-18(16)12-14/h1-6,8-13,19H,7H2. The molecule has 1 N–H and O–H groups in total. The highest BCUT2D eigenvalue weighted by molar-refractivity contribution is 6.05. The highest BCUT2D eigenvalue weighted by atomic mass is 16.3. The van der Waals surface area contributed by atoms with Crippen LogP contribution >= 0.6 is 0 Å². The third-order valence-corrected chi connectivity index (χ3v) is 3.71. The van der Waals surface area contributed by atoms with Crippen molar-refractivity contribution >= 4 is 27.6 Å². The molecule has 3 aromatic rings. The first-order valence-electron chi connectivity index (χ1n) is 6.91. The third-order valence-electron chi connectivity index (χ3n) is 3.71. The molecule has 1 heterocycles. The summed E-state index contributed by atoms with van der Waals surface area (Å²) < 4.78 is 5.91. The number of para-hydroxylation sites is 1. The first-order chi connectivity index (χ1) is 9.90. The van der Waals surface area contributed by atoms with E-state index in [0.29, 0.717) is 6.04 Å². The van der Waals surface area contributed by atoms with Gasteiger partial charge in [-0.2, -0.15) is 0 Å². The maximum absolute atomic E-state index is 5.91. The number of hydrogen-bond donors (Lipinski definition) is 1. The van der Waals surface area contributed by atoms with Crippen molar-refractivity contribution in [1.29, 1.82) is 0 Å². The Morgan fingerprint density at radius 1 is 0.950 bits per heavy atom. The molecule has 0 saturated carbocycles. The predicted octanol–water partition coefficient (Wildman–Crippen LogP) is 4.88. The van der Waals surface area contributed by atoms with Crippen molar-refractivity contribution in [3.05, 3.63) is 66.8 Å². The van der Waals surface area contributed by atoms with Crippen LogP contribution < -0.4 is 5.32 Å². The number of anilines is 1. The fraction of sp³-hybridized carbons (Fsp3) is 0.111. The molecule has 0 fully saturated rings. The number of furan rings is 1. The highest BCUT2D eigenvalue weighted by Crippen LogP contribution is 2.30. The van der Waals surface area contributed by atoms with E-state index in [1.54, 1.807) is 0 Å². The average Bonchev–Trinajstić information content (AvgIpc) is 2.86. The minimum Gasteiger partial charge on any atom is -0.456 e. The van der Waals surface area contributed by atoms with E-state index in [1.165, 1.54) is 10.8 Å². The fourth-order valence-corrected chi connectivity index (χ4v) is 2.72. The number of rotatable bonds is 2. The molecule has 0 saturated heterocycles. The lowest BCUT2D eigenvalue weighted by atomic mass is 10.1. The molecule has 0 amide bonds. The summed E-state index contributed by atoms with van der Waals surface area (Å²) in [4.78, 5) is 0. The van der Waals surface area contributed by atoms with Crippen molar-refractivity contribution in [2.24, 2.45) is 0 Å². The van der Waals surface area contributed by atoms with Crippen molar-refractivity contribution in [2.75, 3.05) is 5.32 Å². The zero-order valence-electron chi connectivity index (χ0n) is 11.0. The molecular weight excluding hydrogens is 246 g/mol. The quantitative estimate of drug-likeness (QED) is 0.711. The van der Waals surface area contributed by atoms with Crippen LogP contribution in [0, 0.1) is 0 Å². The molecule has 0 aliphatic heterocycles. The molecule has 2 nitrogen and oxygen atoms in total. The lowest BCUT2D eigenvalue weighted by Crippen LogP contribution is -2.16. The van der Waals surface area contributed by atoms with Gasteiger partial charge in [-0.25, -0.2) is 0 Å². The van der Waals surface area contributed by atoms with Crippen molar-refractivity contribution in [2.45, 2.75) is 12.5 Å². The third kappa shape index (κ3) is 1.90. The Balaban J connectivity index is 1.73. The van der Waals surface area contributed by atoms with Gasteiger partial charge in [0.1, 0.15) is 11.2 Å². The molecule has 2 aromatic carbocycles. The summed E-state index contributed by atoms with van der Waals surface area (Å²) >= 11 is 0. The van der Waals surface area contributed by atoms with Crippen molar-refractivity contribution in [3.8, 4) is 0 Å². The van der Waals surface area contributed by atoms with Gasteiger partial charge in [0.25, 0.3) is 0 Å². The molecule has 1 aromatic heterocycles. The molecule has 1 aliphatic carbocycles. The van der Waals surface area contributed by atoms with Gasteiger partial charge >= 0.3 is 0 Å². The summed E-state index contributed by atoms with van der Waals surface area (Å²) in [6, 6.07) is 14.9. The van der Waals surface area contributed by atoms with Gasteiger partial charge in [0, 0.05) is 28.6 Å². The van der Waals surface area contributed by atoms with Gasteiger partial charge in [0.2, 0.25) is 0 Å². The second kappa shape index (κ2) is 4.57. The first kappa shape index (κ1) is 11.4. The normalized spacial score (nSPS) is 17.9. The molecular formula is C18H15NO. The maximum atomic E-state index is 5.91. The smallest absolute Gasteiger partial charge is 0.137 e. The topological polar surface area (TPSA) is 25.2 Å². The van der Waals surface area contributed by atoms with Crippen LogP contribution in [0.2, 0.25) is 0 Å². The zero-order valence-corrected chi connectivity index (χ0v) is 11.0. The van der Waals surface area contributed by atoms with Crippen LogP contribution in [-0.4, -0.2) is 6.04 Å². The summed E-state index contributed by atoms with van der Waals surface area (Å²) in [6.07, 6.45) is 9.55. The van der Waals surface area contributed by atoms with E-state index in [4.69, 9.17) is 4.42 Å². The Bertz CT molecular complexity index is 826. The fourth-order valence-electron chi connectivity index (χ4n) is 2.72. The zero-order chi connectivity index (χ0) is 13.4. The second-order valence-electron chi connectivity index (χ2n) is 5.11. The first-order valence-corrected chi connectivity index (χ1v) is 6.91. The number of allylic oxidation sites excluding steroid dienone is 2. The van der Waals surface area contributed by atoms with Gasteiger partial charge in [-0.3, -0.25) is 0 Å². The number of nitrogens with one attached hydrogen (secondary N) is 1. The maximum Gasteiger partial charge on any atom is 0.137 e. The lowest BCUT2D eigenvalue weighted by molar-refractivity contribution is 0.669. The average molecular weight is 261 g/mol. The minimum atomic E-state index is 0.363. The Morgan fingerprint density at radius 3 is 2.75 bits per heavy atom. The van der Waals surface area contributed by atoms with Crippen LogP contribution in [-0.2, 0) is 0 Å². The number of benzene rings is 2. The molecule has 4 rings (SSSR count). The van der Waals surface area contributed by atoms with Crippen molar-refractivity contribution in [1.82, 2.24) is 0 Å². The minimum absolute atomic E-state index is 0.363. The predicted molar refractivity (Wildman–Crippen MR) is 84.0 cm³/mol. The summed E-state index contributed by atoms with van der Waals surface area (Å²) in [6.45, 7) is 0. The van der Waals surface area contributed by atoms with E-state index in [1.807, 2.05) is 18.2 Å². The monoisotopic (exact) mass is 261 g/mol. The largest absolute Gasteiger partial charge is 0.456 e. The summed E-state index contributed by atoms with van der Waals surface area (Å²) in [5, 5.41) is 5.87. The Hall–Kier alpha value is -2.48. The molecule has 1 atom stereocenters. The van der Waals surface area contributed by atoms with Gasteiger partial charge < -0.3 is 9.73 Å². The van der Waals surface area contributed by atoms with Gasteiger partial charge in [0.05, 0.1) is 0 Å². The molecule has 0 spiro atoms. The Morgan fingerprint density at radius 2 is 1.85 bits per heavy atom. The number of hydrogen-bond acceptors (Lipinski definition) is 2. The van der Waals surface area contributed by atoms with E-state index in [9.17, 15) is 0 Å². The van der Waals surface area contributed by atoms with E-state index in [0.717, 1.165) is 23.3 Å². The van der Waals surface area contributed by atoms with E-state index < -0.39 is 0 Å². The van der Waals surface area contributed by atoms with Crippen molar-refractivity contribution < 1.29 is 4.42 Å². The second-order valence-corrected chi connectivity index (χ2v) is 5.11. The SMILES string of the molecule is C1=CCC(Nc2ccc3c(c2)oc2ccccc23)C=C1. The molecule has 0 radical (unpaired) electrons. The van der Waals surface area contributed by atoms with Gasteiger partial charge in [-0.15, -0.1) is 0 Å². The number of fused-ring (bicyclic) bond motifs is 3. The molecule has 98 valence electrons. The van der Waals surface area contributed by atoms with Crippen LogP contribution in [0.1, 0.15) is 6.42 Å². The van der Waals surface area contributed by atoms with Gasteiger partial charge in [-0.05, 0) is 24.6 Å².